The van der Waals surface area contributed by atoms with Crippen LogP contribution in [0, 0.1) is 29.1 Å². The van der Waals surface area contributed by atoms with Crippen LogP contribution in [0.3, 0.4) is 0 Å². The number of nitrogens with zero attached hydrogens (tertiary/aromatic N) is 1. The van der Waals surface area contributed by atoms with E-state index in [1.165, 1.54) is 32.2 Å². The molecule has 21 heavy (non-hydrogen) atoms. The van der Waals surface area contributed by atoms with Gasteiger partial charge in [0.25, 0.3) is 0 Å². The van der Waals surface area contributed by atoms with E-state index >= 15 is 0 Å². The number of piperidine rings is 1. The molecule has 2 fully saturated rings. The SMILES string of the molecule is CC1CC(C)C(C)N(C2CC(C(C)(C)C)CCC2CN)C1. The van der Waals surface area contributed by atoms with Crippen molar-refractivity contribution in [1.82, 2.24) is 4.90 Å². The zero-order valence-corrected chi connectivity index (χ0v) is 15.2. The maximum absolute atomic E-state index is 6.14. The molecule has 0 amide bonds. The van der Waals surface area contributed by atoms with Crippen LogP contribution in [0.2, 0.25) is 0 Å². The molecule has 1 heterocycles. The van der Waals surface area contributed by atoms with Gasteiger partial charge < -0.3 is 5.73 Å². The van der Waals surface area contributed by atoms with Gasteiger partial charge in [-0.2, -0.15) is 0 Å². The molecule has 0 spiro atoms. The van der Waals surface area contributed by atoms with Gasteiger partial charge >= 0.3 is 0 Å². The first-order valence-corrected chi connectivity index (χ1v) is 9.19. The van der Waals surface area contributed by atoms with E-state index in [9.17, 15) is 0 Å². The van der Waals surface area contributed by atoms with Crippen LogP contribution in [0.15, 0.2) is 0 Å². The molecule has 6 unspecified atom stereocenters. The number of hydrogen-bond donors (Lipinski definition) is 1. The van der Waals surface area contributed by atoms with Gasteiger partial charge in [0.2, 0.25) is 0 Å². The fourth-order valence-electron chi connectivity index (χ4n) is 4.87. The predicted octanol–water partition coefficient (Wildman–Crippen LogP) is 4.14. The lowest BCUT2D eigenvalue weighted by Gasteiger charge is -2.52. The second-order valence-electron chi connectivity index (χ2n) is 9.19. The minimum absolute atomic E-state index is 0.439. The highest BCUT2D eigenvalue weighted by Gasteiger charge is 2.41. The molecule has 2 rings (SSSR count). The quantitative estimate of drug-likeness (QED) is 0.829. The first kappa shape index (κ1) is 17.3. The summed E-state index contributed by atoms with van der Waals surface area (Å²) in [6.45, 7) is 16.7. The fraction of sp³-hybridized carbons (Fsp3) is 1.00. The molecule has 0 aromatic rings. The molecular weight excluding hydrogens is 256 g/mol. The Kier molecular flexibility index (Phi) is 5.41. The maximum Gasteiger partial charge on any atom is 0.0141 e. The molecule has 1 saturated heterocycles. The van der Waals surface area contributed by atoms with Crippen LogP contribution in [-0.4, -0.2) is 30.1 Å². The molecule has 1 aliphatic carbocycles. The zero-order chi connectivity index (χ0) is 15.8. The molecule has 2 aliphatic rings. The van der Waals surface area contributed by atoms with Gasteiger partial charge in [-0.25, -0.2) is 0 Å². The summed E-state index contributed by atoms with van der Waals surface area (Å²) in [6.07, 6.45) is 5.44. The van der Waals surface area contributed by atoms with Crippen molar-refractivity contribution in [1.29, 1.82) is 0 Å². The average Bonchev–Trinajstić information content (AvgIpc) is 2.41. The Morgan fingerprint density at radius 3 is 2.29 bits per heavy atom. The summed E-state index contributed by atoms with van der Waals surface area (Å²) in [4.78, 5) is 2.84. The van der Waals surface area contributed by atoms with Crippen molar-refractivity contribution in [3.8, 4) is 0 Å². The van der Waals surface area contributed by atoms with E-state index in [0.29, 0.717) is 17.4 Å². The second kappa shape index (κ2) is 6.58. The Balaban J connectivity index is 2.16. The Bertz CT molecular complexity index is 333. The number of likely N-dealkylation sites (tertiary alicyclic amines) is 1. The Morgan fingerprint density at radius 1 is 1.05 bits per heavy atom. The summed E-state index contributed by atoms with van der Waals surface area (Å²) >= 11 is 0. The van der Waals surface area contributed by atoms with E-state index in [1.807, 2.05) is 0 Å². The van der Waals surface area contributed by atoms with Gasteiger partial charge in [-0.3, -0.25) is 4.90 Å². The minimum atomic E-state index is 0.439. The highest BCUT2D eigenvalue weighted by molar-refractivity contribution is 4.95. The zero-order valence-electron chi connectivity index (χ0n) is 15.2. The van der Waals surface area contributed by atoms with E-state index in [-0.39, 0.29) is 0 Å². The largest absolute Gasteiger partial charge is 0.330 e. The second-order valence-corrected chi connectivity index (χ2v) is 9.19. The third-order valence-corrected chi connectivity index (χ3v) is 6.55. The number of nitrogens with two attached hydrogens (primary N) is 1. The van der Waals surface area contributed by atoms with Gasteiger partial charge in [-0.15, -0.1) is 0 Å². The lowest BCUT2D eigenvalue weighted by molar-refractivity contribution is -0.0222. The predicted molar refractivity (Wildman–Crippen MR) is 92.2 cm³/mol. The summed E-state index contributed by atoms with van der Waals surface area (Å²) in [5, 5.41) is 0. The minimum Gasteiger partial charge on any atom is -0.330 e. The first-order valence-electron chi connectivity index (χ1n) is 9.19. The average molecular weight is 295 g/mol. The molecule has 0 bridgehead atoms. The van der Waals surface area contributed by atoms with Crippen LogP contribution in [0.1, 0.15) is 67.2 Å². The summed E-state index contributed by atoms with van der Waals surface area (Å²) in [5.41, 5.74) is 6.58. The van der Waals surface area contributed by atoms with Crippen LogP contribution in [0.5, 0.6) is 0 Å². The van der Waals surface area contributed by atoms with Crippen LogP contribution < -0.4 is 5.73 Å². The normalized spacial score (nSPS) is 43.0. The molecule has 0 radical (unpaired) electrons. The lowest BCUT2D eigenvalue weighted by atomic mass is 9.66. The molecule has 6 atom stereocenters. The van der Waals surface area contributed by atoms with E-state index in [0.717, 1.165) is 30.3 Å². The standard InChI is InChI=1S/C19H38N2/c1-13-9-14(2)15(3)21(12-13)18-10-17(19(4,5)6)8-7-16(18)11-20/h13-18H,7-12,20H2,1-6H3. The number of hydrogen-bond acceptors (Lipinski definition) is 2. The van der Waals surface area contributed by atoms with Crippen LogP contribution in [0.4, 0.5) is 0 Å². The molecule has 2 heteroatoms. The molecule has 0 aromatic carbocycles. The number of rotatable bonds is 2. The van der Waals surface area contributed by atoms with Crippen molar-refractivity contribution in [2.24, 2.45) is 34.8 Å². The van der Waals surface area contributed by atoms with Crippen molar-refractivity contribution >= 4 is 0 Å². The maximum atomic E-state index is 6.14. The summed E-state index contributed by atoms with van der Waals surface area (Å²) in [5.74, 6) is 3.22. The van der Waals surface area contributed by atoms with Crippen molar-refractivity contribution in [2.75, 3.05) is 13.1 Å². The van der Waals surface area contributed by atoms with Gasteiger partial charge in [-0.1, -0.05) is 34.6 Å². The van der Waals surface area contributed by atoms with Crippen molar-refractivity contribution in [3.05, 3.63) is 0 Å². The Morgan fingerprint density at radius 2 is 1.71 bits per heavy atom. The molecule has 2 nitrogen and oxygen atoms in total. The van der Waals surface area contributed by atoms with Gasteiger partial charge in [-0.05, 0) is 68.2 Å². The Labute approximate surface area is 132 Å². The monoisotopic (exact) mass is 294 g/mol. The summed E-state index contributed by atoms with van der Waals surface area (Å²) in [7, 11) is 0. The highest BCUT2D eigenvalue weighted by Crippen LogP contribution is 2.43. The molecule has 0 aromatic heterocycles. The molecular formula is C19H38N2. The molecule has 1 aliphatic heterocycles. The lowest BCUT2D eigenvalue weighted by Crippen LogP contribution is -2.56. The third-order valence-electron chi connectivity index (χ3n) is 6.55. The van der Waals surface area contributed by atoms with Crippen LogP contribution in [0.25, 0.3) is 0 Å². The van der Waals surface area contributed by atoms with Gasteiger partial charge in [0.15, 0.2) is 0 Å². The third kappa shape index (κ3) is 3.82. The van der Waals surface area contributed by atoms with Gasteiger partial charge in [0, 0.05) is 18.6 Å². The smallest absolute Gasteiger partial charge is 0.0141 e. The molecule has 124 valence electrons. The topological polar surface area (TPSA) is 29.3 Å². The summed E-state index contributed by atoms with van der Waals surface area (Å²) < 4.78 is 0. The first-order chi connectivity index (χ1) is 9.74. The van der Waals surface area contributed by atoms with Crippen molar-refractivity contribution in [2.45, 2.75) is 79.3 Å². The summed E-state index contributed by atoms with van der Waals surface area (Å²) in [6, 6.07) is 1.44. The van der Waals surface area contributed by atoms with Crippen molar-refractivity contribution < 1.29 is 0 Å². The molecule has 1 saturated carbocycles. The highest BCUT2D eigenvalue weighted by atomic mass is 15.2. The van der Waals surface area contributed by atoms with Gasteiger partial charge in [0.1, 0.15) is 0 Å². The van der Waals surface area contributed by atoms with E-state index in [4.69, 9.17) is 5.73 Å². The van der Waals surface area contributed by atoms with Gasteiger partial charge in [0.05, 0.1) is 0 Å². The van der Waals surface area contributed by atoms with Crippen LogP contribution >= 0.6 is 0 Å². The van der Waals surface area contributed by atoms with Crippen molar-refractivity contribution in [3.63, 3.8) is 0 Å². The van der Waals surface area contributed by atoms with E-state index in [2.05, 4.69) is 46.4 Å². The molecule has 2 N–H and O–H groups in total. The van der Waals surface area contributed by atoms with E-state index < -0.39 is 0 Å². The van der Waals surface area contributed by atoms with Crippen LogP contribution in [-0.2, 0) is 0 Å². The fourth-order valence-corrected chi connectivity index (χ4v) is 4.87. The van der Waals surface area contributed by atoms with E-state index in [1.54, 1.807) is 0 Å². The Hall–Kier alpha value is -0.0800.